The summed E-state index contributed by atoms with van der Waals surface area (Å²) in [6.45, 7) is 3.33. The van der Waals surface area contributed by atoms with E-state index in [4.69, 9.17) is 10.8 Å². The summed E-state index contributed by atoms with van der Waals surface area (Å²) in [6.07, 6.45) is 4.74. The standard InChI is InChI=1S/C11H24N2O2/c1-10(9-14)8-13-11(15)6-4-2-3-5-7-12/h10,14H,2-9,12H2,1H3,(H,13,15). The highest BCUT2D eigenvalue weighted by atomic mass is 16.3. The van der Waals surface area contributed by atoms with E-state index in [2.05, 4.69) is 5.32 Å². The van der Waals surface area contributed by atoms with Gasteiger partial charge in [0.2, 0.25) is 5.91 Å². The van der Waals surface area contributed by atoms with E-state index in [1.54, 1.807) is 0 Å². The SMILES string of the molecule is CC(CO)CNC(=O)CCCCCCN. The first kappa shape index (κ1) is 14.4. The topological polar surface area (TPSA) is 75.3 Å². The lowest BCUT2D eigenvalue weighted by atomic mass is 10.1. The molecule has 0 fully saturated rings. The first-order chi connectivity index (χ1) is 7.20. The molecule has 1 atom stereocenters. The second-order valence-corrected chi connectivity index (χ2v) is 4.04. The summed E-state index contributed by atoms with van der Waals surface area (Å²) in [6, 6.07) is 0. The average Bonchev–Trinajstić information content (AvgIpc) is 2.25. The van der Waals surface area contributed by atoms with Crippen LogP contribution in [0, 0.1) is 5.92 Å². The molecule has 0 aromatic rings. The second kappa shape index (κ2) is 9.93. The molecule has 0 rings (SSSR count). The van der Waals surface area contributed by atoms with Crippen molar-refractivity contribution in [3.63, 3.8) is 0 Å². The number of nitrogens with two attached hydrogens (primary N) is 1. The second-order valence-electron chi connectivity index (χ2n) is 4.04. The highest BCUT2D eigenvalue weighted by Crippen LogP contribution is 2.02. The summed E-state index contributed by atoms with van der Waals surface area (Å²) < 4.78 is 0. The molecule has 0 aliphatic rings. The van der Waals surface area contributed by atoms with Gasteiger partial charge in [0.05, 0.1) is 0 Å². The lowest BCUT2D eigenvalue weighted by molar-refractivity contribution is -0.121. The maximum absolute atomic E-state index is 11.3. The van der Waals surface area contributed by atoms with E-state index in [0.29, 0.717) is 13.0 Å². The van der Waals surface area contributed by atoms with Crippen molar-refractivity contribution in [3.8, 4) is 0 Å². The Morgan fingerprint density at radius 1 is 1.33 bits per heavy atom. The molecule has 0 aliphatic carbocycles. The highest BCUT2D eigenvalue weighted by molar-refractivity contribution is 5.75. The van der Waals surface area contributed by atoms with Crippen molar-refractivity contribution in [3.05, 3.63) is 0 Å². The predicted octanol–water partition coefficient (Wildman–Crippen LogP) is 0.640. The smallest absolute Gasteiger partial charge is 0.220 e. The molecule has 0 aromatic heterocycles. The monoisotopic (exact) mass is 216 g/mol. The molecule has 0 bridgehead atoms. The third-order valence-electron chi connectivity index (χ3n) is 2.32. The van der Waals surface area contributed by atoms with Crippen LogP contribution < -0.4 is 11.1 Å². The number of hydrogen-bond acceptors (Lipinski definition) is 3. The molecule has 0 saturated carbocycles. The number of aliphatic hydroxyl groups excluding tert-OH is 1. The molecular formula is C11H24N2O2. The first-order valence-electron chi connectivity index (χ1n) is 5.78. The van der Waals surface area contributed by atoms with E-state index in [-0.39, 0.29) is 18.4 Å². The molecule has 0 spiro atoms. The van der Waals surface area contributed by atoms with Gasteiger partial charge in [-0.05, 0) is 25.3 Å². The van der Waals surface area contributed by atoms with E-state index in [1.165, 1.54) is 0 Å². The number of unbranched alkanes of at least 4 members (excludes halogenated alkanes) is 3. The van der Waals surface area contributed by atoms with Gasteiger partial charge < -0.3 is 16.2 Å². The summed E-state index contributed by atoms with van der Waals surface area (Å²) in [7, 11) is 0. The van der Waals surface area contributed by atoms with Crippen molar-refractivity contribution in [2.24, 2.45) is 11.7 Å². The van der Waals surface area contributed by atoms with Gasteiger partial charge in [-0.2, -0.15) is 0 Å². The molecule has 0 heterocycles. The number of amides is 1. The van der Waals surface area contributed by atoms with Crippen LogP contribution in [0.1, 0.15) is 39.0 Å². The molecule has 0 aromatic carbocycles. The zero-order chi connectivity index (χ0) is 11.5. The summed E-state index contributed by atoms with van der Waals surface area (Å²) >= 11 is 0. The normalized spacial score (nSPS) is 12.5. The van der Waals surface area contributed by atoms with Gasteiger partial charge in [-0.15, -0.1) is 0 Å². The fraction of sp³-hybridized carbons (Fsp3) is 0.909. The van der Waals surface area contributed by atoms with Gasteiger partial charge in [0, 0.05) is 19.6 Å². The average molecular weight is 216 g/mol. The van der Waals surface area contributed by atoms with Crippen LogP contribution in [0.5, 0.6) is 0 Å². The molecular weight excluding hydrogens is 192 g/mol. The number of carbonyl (C=O) groups is 1. The Bertz CT molecular complexity index is 163. The maximum Gasteiger partial charge on any atom is 0.220 e. The van der Waals surface area contributed by atoms with Crippen LogP contribution in [0.3, 0.4) is 0 Å². The Hall–Kier alpha value is -0.610. The zero-order valence-electron chi connectivity index (χ0n) is 9.67. The van der Waals surface area contributed by atoms with E-state index in [9.17, 15) is 4.79 Å². The first-order valence-corrected chi connectivity index (χ1v) is 5.78. The lowest BCUT2D eigenvalue weighted by Crippen LogP contribution is -2.29. The Morgan fingerprint density at radius 2 is 2.00 bits per heavy atom. The van der Waals surface area contributed by atoms with E-state index >= 15 is 0 Å². The summed E-state index contributed by atoms with van der Waals surface area (Å²) in [5.74, 6) is 0.231. The third-order valence-corrected chi connectivity index (χ3v) is 2.32. The van der Waals surface area contributed by atoms with Gasteiger partial charge in [0.15, 0.2) is 0 Å². The van der Waals surface area contributed by atoms with Crippen molar-refractivity contribution < 1.29 is 9.90 Å². The summed E-state index contributed by atoms with van der Waals surface area (Å²) in [5.41, 5.74) is 5.36. The van der Waals surface area contributed by atoms with Crippen LogP contribution in [-0.4, -0.2) is 30.7 Å². The van der Waals surface area contributed by atoms with Crippen LogP contribution in [-0.2, 0) is 4.79 Å². The van der Waals surface area contributed by atoms with Crippen molar-refractivity contribution in [2.45, 2.75) is 39.0 Å². The van der Waals surface area contributed by atoms with Crippen LogP contribution in [0.15, 0.2) is 0 Å². The molecule has 0 radical (unpaired) electrons. The number of hydrogen-bond donors (Lipinski definition) is 3. The Balaban J connectivity index is 3.26. The maximum atomic E-state index is 11.3. The predicted molar refractivity (Wildman–Crippen MR) is 61.4 cm³/mol. The third kappa shape index (κ3) is 9.69. The molecule has 90 valence electrons. The summed E-state index contributed by atoms with van der Waals surface area (Å²) in [4.78, 5) is 11.3. The van der Waals surface area contributed by atoms with Crippen molar-refractivity contribution in [1.82, 2.24) is 5.32 Å². The highest BCUT2D eigenvalue weighted by Gasteiger charge is 2.03. The minimum Gasteiger partial charge on any atom is -0.396 e. The Morgan fingerprint density at radius 3 is 2.60 bits per heavy atom. The van der Waals surface area contributed by atoms with Crippen molar-refractivity contribution >= 4 is 5.91 Å². The zero-order valence-corrected chi connectivity index (χ0v) is 9.67. The number of carbonyl (C=O) groups excluding carboxylic acids is 1. The van der Waals surface area contributed by atoms with Crippen molar-refractivity contribution in [2.75, 3.05) is 19.7 Å². The number of aliphatic hydroxyl groups is 1. The quantitative estimate of drug-likeness (QED) is 0.495. The molecule has 4 N–H and O–H groups in total. The lowest BCUT2D eigenvalue weighted by Gasteiger charge is -2.09. The van der Waals surface area contributed by atoms with E-state index < -0.39 is 0 Å². The fourth-order valence-electron chi connectivity index (χ4n) is 1.22. The van der Waals surface area contributed by atoms with Crippen LogP contribution in [0.25, 0.3) is 0 Å². The molecule has 1 amide bonds. The Kier molecular flexibility index (Phi) is 9.52. The van der Waals surface area contributed by atoms with E-state index in [0.717, 1.165) is 32.2 Å². The van der Waals surface area contributed by atoms with Gasteiger partial charge in [0.25, 0.3) is 0 Å². The van der Waals surface area contributed by atoms with Crippen LogP contribution in [0.4, 0.5) is 0 Å². The molecule has 4 nitrogen and oxygen atoms in total. The number of rotatable bonds is 9. The van der Waals surface area contributed by atoms with Gasteiger partial charge in [0.1, 0.15) is 0 Å². The Labute approximate surface area is 92.2 Å². The van der Waals surface area contributed by atoms with Gasteiger partial charge >= 0.3 is 0 Å². The number of nitrogens with one attached hydrogen (secondary N) is 1. The largest absolute Gasteiger partial charge is 0.396 e. The van der Waals surface area contributed by atoms with Crippen molar-refractivity contribution in [1.29, 1.82) is 0 Å². The van der Waals surface area contributed by atoms with Gasteiger partial charge in [-0.1, -0.05) is 19.8 Å². The molecule has 0 aliphatic heterocycles. The van der Waals surface area contributed by atoms with Gasteiger partial charge in [-0.25, -0.2) is 0 Å². The minimum absolute atomic E-state index is 0.0862. The molecule has 1 unspecified atom stereocenters. The van der Waals surface area contributed by atoms with Crippen LogP contribution in [0.2, 0.25) is 0 Å². The molecule has 15 heavy (non-hydrogen) atoms. The van der Waals surface area contributed by atoms with E-state index in [1.807, 2.05) is 6.92 Å². The minimum atomic E-state index is 0.0862. The molecule has 0 saturated heterocycles. The van der Waals surface area contributed by atoms with Gasteiger partial charge in [-0.3, -0.25) is 4.79 Å². The molecule has 4 heteroatoms. The fourth-order valence-corrected chi connectivity index (χ4v) is 1.22. The summed E-state index contributed by atoms with van der Waals surface area (Å²) in [5, 5.41) is 11.6. The van der Waals surface area contributed by atoms with Crippen LogP contribution >= 0.6 is 0 Å².